The van der Waals surface area contributed by atoms with Crippen molar-refractivity contribution in [2.75, 3.05) is 31.8 Å². The maximum absolute atomic E-state index is 14.3. The summed E-state index contributed by atoms with van der Waals surface area (Å²) in [6.07, 6.45) is -5.64. The van der Waals surface area contributed by atoms with Crippen molar-refractivity contribution in [2.45, 2.75) is 42.6 Å². The van der Waals surface area contributed by atoms with E-state index in [1.807, 2.05) is 6.07 Å². The van der Waals surface area contributed by atoms with E-state index in [0.29, 0.717) is 0 Å². The average Bonchev–Trinajstić information content (AvgIpc) is 3.64. The number of amides is 1. The Bertz CT molecular complexity index is 1530. The van der Waals surface area contributed by atoms with E-state index in [0.717, 1.165) is 16.8 Å². The predicted molar refractivity (Wildman–Crippen MR) is 141 cm³/mol. The minimum absolute atomic E-state index is 0.0710. The monoisotopic (exact) mass is 623 g/mol. The van der Waals surface area contributed by atoms with Gasteiger partial charge >= 0.3 is 0 Å². The molecule has 0 saturated carbocycles. The number of carbonyl (C=O) groups is 1. The van der Waals surface area contributed by atoms with Gasteiger partial charge in [0.25, 0.3) is 5.91 Å². The van der Waals surface area contributed by atoms with Crippen LogP contribution >= 0.6 is 11.6 Å². The first-order valence-corrected chi connectivity index (χ1v) is 13.3. The van der Waals surface area contributed by atoms with Gasteiger partial charge in [0.05, 0.1) is 43.7 Å². The van der Waals surface area contributed by atoms with Crippen molar-refractivity contribution >= 4 is 23.2 Å². The number of halogens is 4. The van der Waals surface area contributed by atoms with Crippen LogP contribution in [0.4, 0.5) is 18.9 Å². The lowest BCUT2D eigenvalue weighted by molar-refractivity contribution is -0.211. The van der Waals surface area contributed by atoms with E-state index in [9.17, 15) is 38.5 Å². The zero-order chi connectivity index (χ0) is 31.0. The second-order valence-corrected chi connectivity index (χ2v) is 10.4. The second-order valence-electron chi connectivity index (χ2n) is 9.99. The lowest BCUT2D eigenvalue weighted by atomic mass is 9.91. The molecule has 0 bridgehead atoms. The number of aromatic nitrogens is 3. The Labute approximate surface area is 247 Å². The van der Waals surface area contributed by atoms with Crippen LogP contribution < -0.4 is 4.90 Å². The highest BCUT2D eigenvalue weighted by atomic mass is 35.5. The van der Waals surface area contributed by atoms with E-state index < -0.39 is 72.6 Å². The van der Waals surface area contributed by atoms with Gasteiger partial charge in [-0.1, -0.05) is 16.8 Å². The van der Waals surface area contributed by atoms with Crippen molar-refractivity contribution in [1.82, 2.24) is 15.0 Å². The maximum atomic E-state index is 14.3. The number of aliphatic hydroxyl groups excluding tert-OH is 3. The molecule has 1 aromatic heterocycles. The third-order valence-electron chi connectivity index (χ3n) is 7.36. The first-order valence-electron chi connectivity index (χ1n) is 12.9. The van der Waals surface area contributed by atoms with E-state index >= 15 is 0 Å². The van der Waals surface area contributed by atoms with Gasteiger partial charge < -0.3 is 34.4 Å². The van der Waals surface area contributed by atoms with Crippen LogP contribution in [0.15, 0.2) is 36.5 Å². The number of hydrogen-bond donors (Lipinski definition) is 3. The molecule has 3 N–H and O–H groups in total. The smallest absolute Gasteiger partial charge is 0.259 e. The van der Waals surface area contributed by atoms with Gasteiger partial charge in [-0.05, 0) is 30.3 Å². The topological polar surface area (TPSA) is 163 Å². The van der Waals surface area contributed by atoms with Gasteiger partial charge in [0.1, 0.15) is 36.2 Å². The fourth-order valence-electron chi connectivity index (χ4n) is 5.29. The number of ether oxygens (including phenoxy) is 3. The molecule has 3 heterocycles. The van der Waals surface area contributed by atoms with Crippen LogP contribution in [0.2, 0.25) is 5.02 Å². The Morgan fingerprint density at radius 2 is 1.93 bits per heavy atom. The van der Waals surface area contributed by atoms with Crippen molar-refractivity contribution in [3.63, 3.8) is 0 Å². The largest absolute Gasteiger partial charge is 0.394 e. The Kier molecular flexibility index (Phi) is 8.99. The molecule has 5 unspecified atom stereocenters. The molecule has 228 valence electrons. The maximum Gasteiger partial charge on any atom is 0.259 e. The number of benzene rings is 2. The number of hydrogen-bond acceptors (Lipinski definition) is 10. The summed E-state index contributed by atoms with van der Waals surface area (Å²) in [4.78, 5) is 15.5. The summed E-state index contributed by atoms with van der Waals surface area (Å²) in [7, 11) is 1.24. The molecular weight excluding hydrogens is 599 g/mol. The number of nitrogens with zero attached hydrogens (tertiary/aromatic N) is 5. The molecule has 7 atom stereocenters. The van der Waals surface area contributed by atoms with Gasteiger partial charge in [-0.15, -0.1) is 5.10 Å². The van der Waals surface area contributed by atoms with Crippen molar-refractivity contribution in [3.05, 3.63) is 64.6 Å². The second kappa shape index (κ2) is 12.5. The molecule has 2 aliphatic rings. The summed E-state index contributed by atoms with van der Waals surface area (Å²) >= 11 is 6.22. The summed E-state index contributed by atoms with van der Waals surface area (Å²) in [5.74, 6) is -5.34. The van der Waals surface area contributed by atoms with E-state index in [-0.39, 0.29) is 40.7 Å². The first kappa shape index (κ1) is 30.8. The normalized spacial score (nSPS) is 27.2. The number of methoxy groups -OCH3 is 1. The molecule has 2 fully saturated rings. The standard InChI is InChI=1S/C27H25ClF3N5O7/c1-41-25-23(35-8-18(33-34-35)13-4-16(29)22(31)17(30)5-13)24(39)21(9-37)43-26(25)27(40)36(19-10-42-11-20(19)38)15-3-12(7-32)2-14(28)6-15/h2-6,8,19-21,23-26,37-39H,9-11H2,1H3/t19-,20-,21?,23?,24?,25?,26?/m0/s1. The van der Waals surface area contributed by atoms with Gasteiger partial charge in [0.2, 0.25) is 0 Å². The summed E-state index contributed by atoms with van der Waals surface area (Å²) in [6.45, 7) is -0.886. The molecule has 12 nitrogen and oxygen atoms in total. The lowest BCUT2D eigenvalue weighted by Gasteiger charge is -2.45. The number of carbonyl (C=O) groups excluding carboxylic acids is 1. The third kappa shape index (κ3) is 5.83. The minimum atomic E-state index is -1.66. The summed E-state index contributed by atoms with van der Waals surface area (Å²) < 4.78 is 59.2. The zero-order valence-electron chi connectivity index (χ0n) is 22.3. The molecule has 5 rings (SSSR count). The molecule has 43 heavy (non-hydrogen) atoms. The summed E-state index contributed by atoms with van der Waals surface area (Å²) in [5, 5.41) is 49.3. The number of anilines is 1. The third-order valence-corrected chi connectivity index (χ3v) is 7.58. The van der Waals surface area contributed by atoms with Crippen molar-refractivity contribution in [2.24, 2.45) is 0 Å². The average molecular weight is 624 g/mol. The molecule has 0 spiro atoms. The first-order chi connectivity index (χ1) is 20.6. The SMILES string of the molecule is COC1C(C(=O)N(c2cc(Cl)cc(C#N)c2)[C@H]2COC[C@@H]2O)OC(CO)C(O)C1n1cc(-c2cc(F)c(F)c(F)c2)nn1. The van der Waals surface area contributed by atoms with Crippen molar-refractivity contribution in [1.29, 1.82) is 5.26 Å². The van der Waals surface area contributed by atoms with Crippen molar-refractivity contribution in [3.8, 4) is 17.3 Å². The Hall–Kier alpha value is -3.62. The van der Waals surface area contributed by atoms with Crippen LogP contribution in [0.3, 0.4) is 0 Å². The minimum Gasteiger partial charge on any atom is -0.394 e. The van der Waals surface area contributed by atoms with Crippen LogP contribution in [0.1, 0.15) is 11.6 Å². The molecule has 3 aromatic rings. The van der Waals surface area contributed by atoms with E-state index in [2.05, 4.69) is 10.3 Å². The molecule has 0 radical (unpaired) electrons. The predicted octanol–water partition coefficient (Wildman–Crippen LogP) is 1.36. The fourth-order valence-corrected chi connectivity index (χ4v) is 5.52. The molecule has 16 heteroatoms. The van der Waals surface area contributed by atoms with Crippen LogP contribution in [0, 0.1) is 28.8 Å². The molecule has 2 aliphatic heterocycles. The highest BCUT2D eigenvalue weighted by Crippen LogP contribution is 2.36. The highest BCUT2D eigenvalue weighted by molar-refractivity contribution is 6.31. The zero-order valence-corrected chi connectivity index (χ0v) is 23.1. The van der Waals surface area contributed by atoms with Crippen LogP contribution in [-0.4, -0.2) is 99.7 Å². The fraction of sp³-hybridized carbons (Fsp3) is 0.407. The molecule has 2 saturated heterocycles. The van der Waals surface area contributed by atoms with Gasteiger partial charge in [-0.25, -0.2) is 17.9 Å². The van der Waals surface area contributed by atoms with Crippen LogP contribution in [0.25, 0.3) is 11.3 Å². The Morgan fingerprint density at radius 3 is 2.53 bits per heavy atom. The van der Waals surface area contributed by atoms with Crippen molar-refractivity contribution < 1.29 is 47.5 Å². The summed E-state index contributed by atoms with van der Waals surface area (Å²) in [6, 6.07) is 5.40. The lowest BCUT2D eigenvalue weighted by Crippen LogP contribution is -2.63. The quantitative estimate of drug-likeness (QED) is 0.328. The van der Waals surface area contributed by atoms with Gasteiger partial charge in [-0.2, -0.15) is 5.26 Å². The molecular formula is C27H25ClF3N5O7. The van der Waals surface area contributed by atoms with Gasteiger partial charge in [0.15, 0.2) is 23.6 Å². The molecule has 2 aromatic carbocycles. The summed E-state index contributed by atoms with van der Waals surface area (Å²) in [5.41, 5.74) is 0.0336. The Morgan fingerprint density at radius 1 is 1.21 bits per heavy atom. The van der Waals surface area contributed by atoms with E-state index in [4.69, 9.17) is 25.8 Å². The van der Waals surface area contributed by atoms with Gasteiger partial charge in [-0.3, -0.25) is 4.79 Å². The highest BCUT2D eigenvalue weighted by Gasteiger charge is 2.52. The van der Waals surface area contributed by atoms with Crippen LogP contribution in [-0.2, 0) is 19.0 Å². The van der Waals surface area contributed by atoms with E-state index in [1.54, 1.807) is 0 Å². The molecule has 1 amide bonds. The van der Waals surface area contributed by atoms with Gasteiger partial charge in [0, 0.05) is 23.4 Å². The number of rotatable bonds is 7. The Balaban J connectivity index is 1.55. The van der Waals surface area contributed by atoms with Crippen LogP contribution in [0.5, 0.6) is 0 Å². The number of aliphatic hydroxyl groups is 3. The number of nitriles is 1. The van der Waals surface area contributed by atoms with E-state index in [1.165, 1.54) is 36.4 Å². The molecule has 0 aliphatic carbocycles.